The molecule has 2 heterocycles. The van der Waals surface area contributed by atoms with Crippen molar-refractivity contribution in [3.05, 3.63) is 42.2 Å². The van der Waals surface area contributed by atoms with E-state index in [4.69, 9.17) is 0 Å². The van der Waals surface area contributed by atoms with Gasteiger partial charge in [-0.25, -0.2) is 0 Å². The van der Waals surface area contributed by atoms with Crippen molar-refractivity contribution in [3.63, 3.8) is 0 Å². The van der Waals surface area contributed by atoms with Gasteiger partial charge in [0.15, 0.2) is 0 Å². The molecule has 1 aromatic carbocycles. The van der Waals surface area contributed by atoms with Crippen molar-refractivity contribution in [1.82, 2.24) is 10.3 Å². The fraction of sp³-hybridized carbons (Fsp3) is 0.400. The summed E-state index contributed by atoms with van der Waals surface area (Å²) >= 11 is 2.06. The molecule has 94 valence electrons. The van der Waals surface area contributed by atoms with E-state index in [1.807, 2.05) is 12.4 Å². The van der Waals surface area contributed by atoms with Crippen LogP contribution in [-0.4, -0.2) is 22.5 Å². The Morgan fingerprint density at radius 2 is 2.22 bits per heavy atom. The number of nitrogens with zero attached hydrogens (tertiary/aromatic N) is 1. The highest BCUT2D eigenvalue weighted by atomic mass is 32.2. The first kappa shape index (κ1) is 12.0. The summed E-state index contributed by atoms with van der Waals surface area (Å²) in [5, 5.41) is 6.22. The summed E-state index contributed by atoms with van der Waals surface area (Å²) in [5.74, 6) is 2.58. The second-order valence-corrected chi connectivity index (χ2v) is 5.96. The van der Waals surface area contributed by atoms with Gasteiger partial charge in [0.25, 0.3) is 0 Å². The summed E-state index contributed by atoms with van der Waals surface area (Å²) in [6.07, 6.45) is 6.59. The zero-order valence-corrected chi connectivity index (χ0v) is 11.2. The van der Waals surface area contributed by atoms with Gasteiger partial charge >= 0.3 is 0 Å². The van der Waals surface area contributed by atoms with E-state index in [0.717, 1.165) is 6.54 Å². The number of pyridine rings is 1. The third kappa shape index (κ3) is 2.68. The van der Waals surface area contributed by atoms with Crippen LogP contribution in [0.3, 0.4) is 0 Å². The maximum atomic E-state index is 4.33. The molecule has 1 atom stereocenters. The fourth-order valence-electron chi connectivity index (χ4n) is 2.48. The molecular formula is C15H18N2S. The van der Waals surface area contributed by atoms with Crippen LogP contribution in [0.1, 0.15) is 18.4 Å². The summed E-state index contributed by atoms with van der Waals surface area (Å²) in [6, 6.07) is 9.15. The standard InChI is InChI=1S/C15H18N2S/c1-2-6-15-12(4-1)8-16-9-13(15)10-17-14-5-3-7-18-11-14/h1-2,4,6,8-9,14,17H,3,5,7,10-11H2. The summed E-state index contributed by atoms with van der Waals surface area (Å²) < 4.78 is 0. The lowest BCUT2D eigenvalue weighted by Crippen LogP contribution is -2.33. The minimum atomic E-state index is 0.669. The zero-order valence-electron chi connectivity index (χ0n) is 10.4. The highest BCUT2D eigenvalue weighted by Crippen LogP contribution is 2.19. The molecule has 2 nitrogen and oxygen atoms in total. The van der Waals surface area contributed by atoms with Crippen molar-refractivity contribution in [2.24, 2.45) is 0 Å². The van der Waals surface area contributed by atoms with Crippen molar-refractivity contribution >= 4 is 22.5 Å². The highest BCUT2D eigenvalue weighted by molar-refractivity contribution is 7.99. The van der Waals surface area contributed by atoms with E-state index in [0.29, 0.717) is 6.04 Å². The molecule has 0 radical (unpaired) electrons. The summed E-state index contributed by atoms with van der Waals surface area (Å²) in [4.78, 5) is 4.33. The molecule has 1 fully saturated rings. The summed E-state index contributed by atoms with van der Waals surface area (Å²) in [5.41, 5.74) is 1.31. The molecule has 2 aromatic rings. The normalized spacial score (nSPS) is 20.1. The molecule has 1 aliphatic rings. The molecule has 0 aliphatic carbocycles. The fourth-order valence-corrected chi connectivity index (χ4v) is 3.58. The number of thioether (sulfide) groups is 1. The third-order valence-corrected chi connectivity index (χ3v) is 4.71. The average molecular weight is 258 g/mol. The Bertz CT molecular complexity index is 515. The van der Waals surface area contributed by atoms with Gasteiger partial charge in [0.05, 0.1) is 0 Å². The van der Waals surface area contributed by atoms with Crippen LogP contribution < -0.4 is 5.32 Å². The van der Waals surface area contributed by atoms with Crippen LogP contribution in [0.25, 0.3) is 10.8 Å². The molecule has 1 saturated heterocycles. The molecule has 1 unspecified atom stereocenters. The van der Waals surface area contributed by atoms with Gasteiger partial charge in [0.2, 0.25) is 0 Å². The first-order valence-corrected chi connectivity index (χ1v) is 7.72. The number of nitrogens with one attached hydrogen (secondary N) is 1. The molecule has 18 heavy (non-hydrogen) atoms. The summed E-state index contributed by atoms with van der Waals surface area (Å²) in [7, 11) is 0. The largest absolute Gasteiger partial charge is 0.309 e. The number of fused-ring (bicyclic) bond motifs is 1. The molecule has 1 aromatic heterocycles. The van der Waals surface area contributed by atoms with Crippen LogP contribution in [0.4, 0.5) is 0 Å². The molecule has 3 rings (SSSR count). The molecule has 0 bridgehead atoms. The van der Waals surface area contributed by atoms with E-state index in [1.165, 1.54) is 40.7 Å². The van der Waals surface area contributed by atoms with Crippen molar-refractivity contribution in [1.29, 1.82) is 0 Å². The van der Waals surface area contributed by atoms with Crippen LogP contribution in [0.5, 0.6) is 0 Å². The smallest absolute Gasteiger partial charge is 0.0346 e. The van der Waals surface area contributed by atoms with E-state index in [9.17, 15) is 0 Å². The maximum absolute atomic E-state index is 4.33. The zero-order chi connectivity index (χ0) is 12.2. The minimum Gasteiger partial charge on any atom is -0.309 e. The van der Waals surface area contributed by atoms with E-state index in [1.54, 1.807) is 0 Å². The minimum absolute atomic E-state index is 0.669. The Morgan fingerprint density at radius 1 is 1.28 bits per heavy atom. The van der Waals surface area contributed by atoms with Crippen LogP contribution in [0.2, 0.25) is 0 Å². The predicted molar refractivity (Wildman–Crippen MR) is 78.9 cm³/mol. The molecule has 3 heteroatoms. The van der Waals surface area contributed by atoms with Crippen molar-refractivity contribution in [2.45, 2.75) is 25.4 Å². The Labute approximate surface area is 112 Å². The van der Waals surface area contributed by atoms with Gasteiger partial charge in [-0.2, -0.15) is 11.8 Å². The van der Waals surface area contributed by atoms with Crippen LogP contribution >= 0.6 is 11.8 Å². The van der Waals surface area contributed by atoms with Crippen molar-refractivity contribution in [2.75, 3.05) is 11.5 Å². The van der Waals surface area contributed by atoms with Crippen LogP contribution in [0, 0.1) is 0 Å². The van der Waals surface area contributed by atoms with Gasteiger partial charge in [0.1, 0.15) is 0 Å². The Kier molecular flexibility index (Phi) is 3.81. The average Bonchev–Trinajstić information content (AvgIpc) is 2.46. The second kappa shape index (κ2) is 5.72. The quantitative estimate of drug-likeness (QED) is 0.915. The predicted octanol–water partition coefficient (Wildman–Crippen LogP) is 3.22. The van der Waals surface area contributed by atoms with Crippen molar-refractivity contribution < 1.29 is 0 Å². The van der Waals surface area contributed by atoms with Gasteiger partial charge in [-0.05, 0) is 29.5 Å². The lowest BCUT2D eigenvalue weighted by atomic mass is 10.1. The van der Waals surface area contributed by atoms with E-state index >= 15 is 0 Å². The Morgan fingerprint density at radius 3 is 3.11 bits per heavy atom. The molecular weight excluding hydrogens is 240 g/mol. The van der Waals surface area contributed by atoms with Crippen LogP contribution in [-0.2, 0) is 6.54 Å². The Balaban J connectivity index is 1.74. The number of rotatable bonds is 3. The number of benzene rings is 1. The topological polar surface area (TPSA) is 24.9 Å². The third-order valence-electron chi connectivity index (χ3n) is 3.49. The van der Waals surface area contributed by atoms with Gasteiger partial charge < -0.3 is 5.32 Å². The van der Waals surface area contributed by atoms with Gasteiger partial charge in [-0.1, -0.05) is 24.3 Å². The molecule has 1 aliphatic heterocycles. The number of aromatic nitrogens is 1. The molecule has 0 amide bonds. The maximum Gasteiger partial charge on any atom is 0.0346 e. The lowest BCUT2D eigenvalue weighted by molar-refractivity contribution is 0.508. The number of hydrogen-bond acceptors (Lipinski definition) is 3. The van der Waals surface area contributed by atoms with Gasteiger partial charge in [-0.15, -0.1) is 0 Å². The van der Waals surface area contributed by atoms with Crippen molar-refractivity contribution in [3.8, 4) is 0 Å². The molecule has 0 spiro atoms. The lowest BCUT2D eigenvalue weighted by Gasteiger charge is -2.22. The van der Waals surface area contributed by atoms with E-state index in [2.05, 4.69) is 46.3 Å². The first-order valence-electron chi connectivity index (χ1n) is 6.56. The van der Waals surface area contributed by atoms with E-state index < -0.39 is 0 Å². The molecule has 0 saturated carbocycles. The SMILES string of the molecule is c1ccc2c(CNC3CCCSC3)cncc2c1. The summed E-state index contributed by atoms with van der Waals surface area (Å²) in [6.45, 7) is 0.930. The highest BCUT2D eigenvalue weighted by Gasteiger charge is 2.13. The number of hydrogen-bond donors (Lipinski definition) is 1. The Hall–Kier alpha value is -1.06. The van der Waals surface area contributed by atoms with Gasteiger partial charge in [0, 0.05) is 36.1 Å². The first-order chi connectivity index (χ1) is 8.93. The second-order valence-electron chi connectivity index (χ2n) is 4.81. The van der Waals surface area contributed by atoms with E-state index in [-0.39, 0.29) is 0 Å². The monoisotopic (exact) mass is 258 g/mol. The van der Waals surface area contributed by atoms with Gasteiger partial charge in [-0.3, -0.25) is 4.98 Å². The molecule has 1 N–H and O–H groups in total. The van der Waals surface area contributed by atoms with Crippen LogP contribution in [0.15, 0.2) is 36.7 Å².